The Morgan fingerprint density at radius 3 is 2.26 bits per heavy atom. The molecule has 0 saturated carbocycles. The second kappa shape index (κ2) is 9.57. The highest BCUT2D eigenvalue weighted by atomic mass is 32.1. The second-order valence-corrected chi connectivity index (χ2v) is 9.07. The molecule has 1 aliphatic heterocycles. The van der Waals surface area contributed by atoms with Gasteiger partial charge in [-0.1, -0.05) is 30.3 Å². The van der Waals surface area contributed by atoms with Crippen molar-refractivity contribution in [2.45, 2.75) is 0 Å². The maximum absolute atomic E-state index is 13.0. The molecule has 2 amide bonds. The first-order valence-electron chi connectivity index (χ1n) is 11.2. The molecule has 5 rings (SSSR count). The van der Waals surface area contributed by atoms with Crippen LogP contribution in [-0.4, -0.2) is 50.0 Å². The first-order chi connectivity index (χ1) is 16.6. The van der Waals surface area contributed by atoms with Crippen molar-refractivity contribution in [3.63, 3.8) is 0 Å². The van der Waals surface area contributed by atoms with Crippen molar-refractivity contribution in [3.8, 4) is 5.75 Å². The maximum Gasteiger partial charge on any atom is 0.264 e. The molecule has 0 bridgehead atoms. The summed E-state index contributed by atoms with van der Waals surface area (Å²) >= 11 is 1.48. The van der Waals surface area contributed by atoms with Crippen LogP contribution in [-0.2, 0) is 0 Å². The minimum atomic E-state index is -0.160. The number of methoxy groups -OCH3 is 1. The molecule has 4 aromatic rings. The number of fused-ring (bicyclic) bond motifs is 1. The normalized spacial score (nSPS) is 13.7. The number of anilines is 2. The van der Waals surface area contributed by atoms with Gasteiger partial charge in [-0.05, 0) is 53.2 Å². The van der Waals surface area contributed by atoms with Crippen molar-refractivity contribution in [2.24, 2.45) is 0 Å². The molecule has 7 heteroatoms. The van der Waals surface area contributed by atoms with Crippen LogP contribution in [0.15, 0.2) is 78.2 Å². The summed E-state index contributed by atoms with van der Waals surface area (Å²) in [6, 6.07) is 23.0. The summed E-state index contributed by atoms with van der Waals surface area (Å²) in [5, 5.41) is 6.70. The van der Waals surface area contributed by atoms with E-state index in [4.69, 9.17) is 4.74 Å². The Morgan fingerprint density at radius 1 is 0.853 bits per heavy atom. The van der Waals surface area contributed by atoms with Gasteiger partial charge in [0.05, 0.1) is 12.0 Å². The average molecular weight is 472 g/mol. The number of piperazine rings is 1. The van der Waals surface area contributed by atoms with Crippen LogP contribution in [0.25, 0.3) is 10.8 Å². The molecule has 1 fully saturated rings. The first-order valence-corrected chi connectivity index (χ1v) is 12.1. The molecule has 0 aliphatic carbocycles. The van der Waals surface area contributed by atoms with Crippen molar-refractivity contribution >= 4 is 45.3 Å². The molecule has 3 aromatic carbocycles. The number of carbonyl (C=O) groups excluding carboxylic acids is 2. The standard InChI is InChI=1S/C27H25N3O3S/c1-33-24-13-12-23(21-5-2-3-6-22(21)24)26(31)28-19-8-10-20(11-9-19)29-14-16-30(17-15-29)27(32)25-7-4-18-34-25/h2-13,18H,14-17H2,1H3,(H,28,31). The number of ether oxygens (including phenoxy) is 1. The Kier molecular flexibility index (Phi) is 6.18. The first kappa shape index (κ1) is 22.0. The molecule has 1 saturated heterocycles. The van der Waals surface area contributed by atoms with Crippen LogP contribution in [0, 0.1) is 0 Å². The minimum Gasteiger partial charge on any atom is -0.496 e. The summed E-state index contributed by atoms with van der Waals surface area (Å²) in [6.07, 6.45) is 0. The van der Waals surface area contributed by atoms with Gasteiger partial charge in [0, 0.05) is 48.5 Å². The molecule has 34 heavy (non-hydrogen) atoms. The van der Waals surface area contributed by atoms with E-state index in [2.05, 4.69) is 10.2 Å². The van der Waals surface area contributed by atoms with Crippen LogP contribution in [0.2, 0.25) is 0 Å². The molecule has 0 unspecified atom stereocenters. The maximum atomic E-state index is 13.0. The van der Waals surface area contributed by atoms with Gasteiger partial charge in [-0.25, -0.2) is 0 Å². The molecule has 1 aromatic heterocycles. The number of carbonyl (C=O) groups is 2. The highest BCUT2D eigenvalue weighted by Gasteiger charge is 2.23. The summed E-state index contributed by atoms with van der Waals surface area (Å²) in [5.41, 5.74) is 2.42. The predicted octanol–water partition coefficient (Wildman–Crippen LogP) is 5.12. The Hall–Kier alpha value is -3.84. The topological polar surface area (TPSA) is 61.9 Å². The largest absolute Gasteiger partial charge is 0.496 e. The second-order valence-electron chi connectivity index (χ2n) is 8.12. The Balaban J connectivity index is 1.24. The van der Waals surface area contributed by atoms with Crippen LogP contribution in [0.3, 0.4) is 0 Å². The van der Waals surface area contributed by atoms with Crippen LogP contribution in [0.5, 0.6) is 5.75 Å². The third-order valence-corrected chi connectivity index (χ3v) is 7.00. The van der Waals surface area contributed by atoms with Crippen LogP contribution in [0.1, 0.15) is 20.0 Å². The van der Waals surface area contributed by atoms with Gasteiger partial charge in [-0.2, -0.15) is 0 Å². The smallest absolute Gasteiger partial charge is 0.264 e. The molecule has 0 spiro atoms. The fourth-order valence-electron chi connectivity index (χ4n) is 4.33. The summed E-state index contributed by atoms with van der Waals surface area (Å²) in [6.45, 7) is 2.95. The lowest BCUT2D eigenvalue weighted by molar-refractivity contribution is 0.0751. The van der Waals surface area contributed by atoms with Gasteiger partial charge in [0.25, 0.3) is 11.8 Å². The number of nitrogens with zero attached hydrogens (tertiary/aromatic N) is 2. The average Bonchev–Trinajstić information content (AvgIpc) is 3.43. The highest BCUT2D eigenvalue weighted by Crippen LogP contribution is 2.29. The summed E-state index contributed by atoms with van der Waals surface area (Å²) < 4.78 is 5.43. The van der Waals surface area contributed by atoms with Crippen molar-refractivity contribution in [1.82, 2.24) is 4.90 Å². The van der Waals surface area contributed by atoms with E-state index in [0.29, 0.717) is 18.7 Å². The molecule has 6 nitrogen and oxygen atoms in total. The Bertz CT molecular complexity index is 1310. The van der Waals surface area contributed by atoms with E-state index in [-0.39, 0.29) is 11.8 Å². The highest BCUT2D eigenvalue weighted by molar-refractivity contribution is 7.12. The molecule has 1 aliphatic rings. The quantitative estimate of drug-likeness (QED) is 0.439. The number of rotatable bonds is 5. The Morgan fingerprint density at radius 2 is 1.59 bits per heavy atom. The number of thiophene rings is 1. The number of benzene rings is 3. The van der Waals surface area contributed by atoms with Gasteiger partial charge < -0.3 is 19.9 Å². The number of hydrogen-bond donors (Lipinski definition) is 1. The summed E-state index contributed by atoms with van der Waals surface area (Å²) in [5.74, 6) is 0.694. The lowest BCUT2D eigenvalue weighted by Gasteiger charge is -2.36. The van der Waals surface area contributed by atoms with Crippen LogP contribution < -0.4 is 15.0 Å². The fraction of sp³-hybridized carbons (Fsp3) is 0.185. The van der Waals surface area contributed by atoms with Gasteiger partial charge in [0.1, 0.15) is 5.75 Å². The Labute approximate surface area is 202 Å². The molecule has 0 radical (unpaired) electrons. The lowest BCUT2D eigenvalue weighted by Crippen LogP contribution is -2.48. The zero-order valence-corrected chi connectivity index (χ0v) is 19.7. The molecule has 172 valence electrons. The molecular weight excluding hydrogens is 446 g/mol. The van der Waals surface area contributed by atoms with E-state index in [1.165, 1.54) is 11.3 Å². The SMILES string of the molecule is COc1ccc(C(=O)Nc2ccc(N3CCN(C(=O)c4cccs4)CC3)cc2)c2ccccc12. The number of amides is 2. The predicted molar refractivity (Wildman–Crippen MR) is 137 cm³/mol. The van der Waals surface area contributed by atoms with E-state index in [9.17, 15) is 9.59 Å². The third-order valence-electron chi connectivity index (χ3n) is 6.14. The van der Waals surface area contributed by atoms with Crippen molar-refractivity contribution in [3.05, 3.63) is 88.6 Å². The fourth-order valence-corrected chi connectivity index (χ4v) is 5.02. The molecule has 2 heterocycles. The monoisotopic (exact) mass is 471 g/mol. The lowest BCUT2D eigenvalue weighted by atomic mass is 10.0. The van der Waals surface area contributed by atoms with E-state index in [1.807, 2.05) is 77.0 Å². The van der Waals surface area contributed by atoms with Gasteiger partial charge in [-0.3, -0.25) is 9.59 Å². The third kappa shape index (κ3) is 4.34. The van der Waals surface area contributed by atoms with Gasteiger partial charge >= 0.3 is 0 Å². The summed E-state index contributed by atoms with van der Waals surface area (Å²) in [4.78, 5) is 30.5. The molecule has 0 atom stereocenters. The zero-order valence-electron chi connectivity index (χ0n) is 18.9. The summed E-state index contributed by atoms with van der Waals surface area (Å²) in [7, 11) is 1.63. The van der Waals surface area contributed by atoms with Crippen molar-refractivity contribution in [2.75, 3.05) is 43.5 Å². The van der Waals surface area contributed by atoms with Crippen molar-refractivity contribution < 1.29 is 14.3 Å². The number of hydrogen-bond acceptors (Lipinski definition) is 5. The van der Waals surface area contributed by atoms with Crippen molar-refractivity contribution in [1.29, 1.82) is 0 Å². The minimum absolute atomic E-state index is 0.110. The zero-order chi connectivity index (χ0) is 23.5. The molecule has 1 N–H and O–H groups in total. The van der Waals surface area contributed by atoms with Gasteiger partial charge in [0.2, 0.25) is 0 Å². The number of nitrogens with one attached hydrogen (secondary N) is 1. The van der Waals surface area contributed by atoms with Crippen LogP contribution >= 0.6 is 11.3 Å². The van der Waals surface area contributed by atoms with E-state index in [0.717, 1.165) is 45.9 Å². The van der Waals surface area contributed by atoms with Gasteiger partial charge in [-0.15, -0.1) is 11.3 Å². The van der Waals surface area contributed by atoms with E-state index in [1.54, 1.807) is 13.2 Å². The van der Waals surface area contributed by atoms with Crippen LogP contribution in [0.4, 0.5) is 11.4 Å². The van der Waals surface area contributed by atoms with E-state index >= 15 is 0 Å². The van der Waals surface area contributed by atoms with E-state index < -0.39 is 0 Å². The van der Waals surface area contributed by atoms with Gasteiger partial charge in [0.15, 0.2) is 0 Å². The molecular formula is C27H25N3O3S.